The van der Waals surface area contributed by atoms with E-state index in [-0.39, 0.29) is 10.7 Å². The molecule has 2 atom stereocenters. The van der Waals surface area contributed by atoms with E-state index in [2.05, 4.69) is 10.1 Å². The first-order chi connectivity index (χ1) is 10.3. The maximum Gasteiger partial charge on any atom is 0.363 e. The molecule has 11 heteroatoms. The van der Waals surface area contributed by atoms with Gasteiger partial charge in [0.2, 0.25) is 5.91 Å². The molecule has 0 bridgehead atoms. The molecule has 120 valence electrons. The van der Waals surface area contributed by atoms with Gasteiger partial charge in [0.15, 0.2) is 6.04 Å². The highest BCUT2D eigenvalue weighted by atomic mass is 32.2. The van der Waals surface area contributed by atoms with E-state index in [1.54, 1.807) is 17.5 Å². The predicted molar refractivity (Wildman–Crippen MR) is 74.2 cm³/mol. The summed E-state index contributed by atoms with van der Waals surface area (Å²) in [4.78, 5) is 35.9. The van der Waals surface area contributed by atoms with Crippen LogP contribution in [0.5, 0.6) is 0 Å². The number of nitrogens with one attached hydrogen (secondary N) is 1. The van der Waals surface area contributed by atoms with Crippen molar-refractivity contribution in [2.45, 2.75) is 18.5 Å². The van der Waals surface area contributed by atoms with Crippen molar-refractivity contribution in [1.82, 2.24) is 9.62 Å². The molecule has 1 saturated heterocycles. The smallest absolute Gasteiger partial charge is 0.363 e. The zero-order chi connectivity index (χ0) is 16.5. The van der Waals surface area contributed by atoms with Crippen LogP contribution in [-0.4, -0.2) is 54.3 Å². The summed E-state index contributed by atoms with van der Waals surface area (Å²) in [6.07, 6.45) is -0.0127. The van der Waals surface area contributed by atoms with E-state index in [0.717, 1.165) is 12.0 Å². The molecule has 0 unspecified atom stereocenters. The lowest BCUT2D eigenvalue weighted by molar-refractivity contribution is -0.162. The normalized spacial score (nSPS) is 21.2. The Morgan fingerprint density at radius 2 is 2.18 bits per heavy atom. The van der Waals surface area contributed by atoms with Crippen molar-refractivity contribution >= 4 is 39.4 Å². The number of ether oxygens (including phenoxy) is 1. The first-order valence-electron chi connectivity index (χ1n) is 5.96. The second-order valence-electron chi connectivity index (χ2n) is 4.38. The quantitative estimate of drug-likeness (QED) is 0.395. The number of β-lactam (4-membered cyclic amide) rings is 1. The molecule has 0 aliphatic carbocycles. The molecule has 0 radical (unpaired) electrons. The fourth-order valence-corrected chi connectivity index (χ4v) is 3.55. The van der Waals surface area contributed by atoms with Crippen molar-refractivity contribution in [3.05, 3.63) is 22.4 Å². The fraction of sp³-hybridized carbons (Fsp3) is 0.364. The van der Waals surface area contributed by atoms with Crippen LogP contribution in [0.4, 0.5) is 0 Å². The number of amides is 2. The largest absolute Gasteiger partial charge is 0.467 e. The molecule has 1 aromatic heterocycles. The summed E-state index contributed by atoms with van der Waals surface area (Å²) in [6.45, 7) is 0. The van der Waals surface area contributed by atoms with Crippen LogP contribution >= 0.6 is 11.3 Å². The minimum atomic E-state index is -4.90. The Labute approximate surface area is 129 Å². The SMILES string of the molecule is COC(=O)[C@H]1[C@@H](NC(=O)Cc2cccs2)C(=O)N1S(=O)(=O)O. The molecular weight excluding hydrogens is 336 g/mol. The highest BCUT2D eigenvalue weighted by Gasteiger charge is 2.58. The van der Waals surface area contributed by atoms with Crippen molar-refractivity contribution in [3.63, 3.8) is 0 Å². The van der Waals surface area contributed by atoms with Gasteiger partial charge in [-0.3, -0.25) is 14.1 Å². The van der Waals surface area contributed by atoms with Crippen LogP contribution in [0.15, 0.2) is 17.5 Å². The van der Waals surface area contributed by atoms with Crippen LogP contribution in [0.3, 0.4) is 0 Å². The maximum absolute atomic E-state index is 11.8. The topological polar surface area (TPSA) is 130 Å². The Morgan fingerprint density at radius 3 is 2.68 bits per heavy atom. The Balaban J connectivity index is 2.11. The molecule has 2 rings (SSSR count). The van der Waals surface area contributed by atoms with Gasteiger partial charge in [-0.15, -0.1) is 11.3 Å². The molecule has 0 saturated carbocycles. The van der Waals surface area contributed by atoms with Gasteiger partial charge in [-0.1, -0.05) is 6.07 Å². The minimum absolute atomic E-state index is 0.0127. The molecule has 22 heavy (non-hydrogen) atoms. The molecule has 2 heterocycles. The minimum Gasteiger partial charge on any atom is -0.467 e. The molecule has 1 aliphatic heterocycles. The Hall–Kier alpha value is -1.98. The van der Waals surface area contributed by atoms with Gasteiger partial charge in [0, 0.05) is 4.88 Å². The number of thiophene rings is 1. The molecule has 1 aromatic rings. The van der Waals surface area contributed by atoms with Crippen LogP contribution in [0.25, 0.3) is 0 Å². The summed E-state index contributed by atoms with van der Waals surface area (Å²) in [5.41, 5.74) is 0. The zero-order valence-electron chi connectivity index (χ0n) is 11.3. The molecule has 2 N–H and O–H groups in total. The average molecular weight is 348 g/mol. The van der Waals surface area contributed by atoms with Crippen molar-refractivity contribution in [2.75, 3.05) is 7.11 Å². The molecule has 1 aliphatic rings. The first-order valence-corrected chi connectivity index (χ1v) is 8.23. The lowest BCUT2D eigenvalue weighted by atomic mass is 9.98. The summed E-state index contributed by atoms with van der Waals surface area (Å²) in [5, 5.41) is 4.04. The Kier molecular flexibility index (Phi) is 4.49. The van der Waals surface area contributed by atoms with Gasteiger partial charge >= 0.3 is 16.3 Å². The fourth-order valence-electron chi connectivity index (χ4n) is 2.01. The van der Waals surface area contributed by atoms with Crippen molar-refractivity contribution < 1.29 is 32.1 Å². The second-order valence-corrected chi connectivity index (χ2v) is 6.70. The first kappa shape index (κ1) is 16.4. The van der Waals surface area contributed by atoms with Crippen LogP contribution in [0.2, 0.25) is 0 Å². The van der Waals surface area contributed by atoms with Gasteiger partial charge in [0.05, 0.1) is 13.5 Å². The van der Waals surface area contributed by atoms with E-state index in [1.807, 2.05) is 0 Å². The molecule has 2 amide bonds. The van der Waals surface area contributed by atoms with Crippen molar-refractivity contribution in [3.8, 4) is 0 Å². The summed E-state index contributed by atoms with van der Waals surface area (Å²) < 4.78 is 35.5. The molecule has 1 fully saturated rings. The van der Waals surface area contributed by atoms with Gasteiger partial charge in [0.25, 0.3) is 5.91 Å². The molecule has 0 aromatic carbocycles. The zero-order valence-corrected chi connectivity index (χ0v) is 12.9. The summed E-state index contributed by atoms with van der Waals surface area (Å²) in [6, 6.07) is 0.468. The van der Waals surface area contributed by atoms with Gasteiger partial charge in [-0.05, 0) is 11.4 Å². The van der Waals surface area contributed by atoms with E-state index < -0.39 is 40.2 Å². The molecular formula is C11H12N2O7S2. The third kappa shape index (κ3) is 3.10. The highest BCUT2D eigenvalue weighted by Crippen LogP contribution is 2.24. The summed E-state index contributed by atoms with van der Waals surface area (Å²) >= 11 is 1.34. The van der Waals surface area contributed by atoms with Crippen LogP contribution < -0.4 is 5.32 Å². The number of esters is 1. The van der Waals surface area contributed by atoms with Crippen molar-refractivity contribution in [1.29, 1.82) is 0 Å². The monoisotopic (exact) mass is 348 g/mol. The summed E-state index contributed by atoms with van der Waals surface area (Å²) in [7, 11) is -3.91. The van der Waals surface area contributed by atoms with E-state index >= 15 is 0 Å². The van der Waals surface area contributed by atoms with Gasteiger partial charge < -0.3 is 10.1 Å². The van der Waals surface area contributed by atoms with E-state index in [4.69, 9.17) is 4.55 Å². The lowest BCUT2D eigenvalue weighted by Gasteiger charge is -2.41. The number of carbonyl (C=O) groups is 3. The average Bonchev–Trinajstić information content (AvgIpc) is 2.92. The maximum atomic E-state index is 11.8. The lowest BCUT2D eigenvalue weighted by Crippen LogP contribution is -2.74. The van der Waals surface area contributed by atoms with E-state index in [1.165, 1.54) is 11.3 Å². The van der Waals surface area contributed by atoms with E-state index in [0.29, 0.717) is 0 Å². The highest BCUT2D eigenvalue weighted by molar-refractivity contribution is 7.84. The third-order valence-electron chi connectivity index (χ3n) is 2.97. The van der Waals surface area contributed by atoms with Crippen LogP contribution in [0.1, 0.15) is 4.88 Å². The van der Waals surface area contributed by atoms with Crippen LogP contribution in [-0.2, 0) is 35.8 Å². The van der Waals surface area contributed by atoms with Gasteiger partial charge in [-0.25, -0.2) is 4.79 Å². The number of methoxy groups -OCH3 is 1. The van der Waals surface area contributed by atoms with Crippen molar-refractivity contribution in [2.24, 2.45) is 0 Å². The summed E-state index contributed by atoms with van der Waals surface area (Å²) in [5.74, 6) is -2.71. The molecule has 0 spiro atoms. The second kappa shape index (κ2) is 6.02. The standard InChI is InChI=1S/C11H12N2O7S2/c1-20-11(16)9-8(10(15)13(9)22(17,18)19)12-7(14)5-6-3-2-4-21-6/h2-4,8-9H,5H2,1H3,(H,12,14)(H,17,18,19)/t8-,9-/m1/s1. The van der Waals surface area contributed by atoms with E-state index in [9.17, 15) is 22.8 Å². The number of hydrogen-bond donors (Lipinski definition) is 2. The van der Waals surface area contributed by atoms with Crippen LogP contribution in [0, 0.1) is 0 Å². The predicted octanol–water partition coefficient (Wildman–Crippen LogP) is -1.04. The Bertz CT molecular complexity index is 698. The number of nitrogens with zero attached hydrogens (tertiary/aromatic N) is 1. The number of carbonyl (C=O) groups excluding carboxylic acids is 3. The van der Waals surface area contributed by atoms with Gasteiger partial charge in [-0.2, -0.15) is 12.7 Å². The number of rotatable bonds is 5. The molecule has 9 nitrogen and oxygen atoms in total. The Morgan fingerprint density at radius 1 is 1.50 bits per heavy atom. The van der Waals surface area contributed by atoms with Gasteiger partial charge in [0.1, 0.15) is 6.04 Å². The number of hydrogen-bond acceptors (Lipinski definition) is 7. The third-order valence-corrected chi connectivity index (χ3v) is 4.75.